The second kappa shape index (κ2) is 9.27. The van der Waals surface area contributed by atoms with Gasteiger partial charge in [0.1, 0.15) is 23.5 Å². The van der Waals surface area contributed by atoms with Crippen molar-refractivity contribution in [1.29, 1.82) is 0 Å². The van der Waals surface area contributed by atoms with Gasteiger partial charge in [-0.3, -0.25) is 4.79 Å². The Balaban J connectivity index is 1.53. The van der Waals surface area contributed by atoms with E-state index >= 15 is 0 Å². The zero-order chi connectivity index (χ0) is 21.9. The number of Topliss-reactive ketones (excluding diaryl/α,β-unsaturated/α-hetero) is 1. The Kier molecular flexibility index (Phi) is 6.93. The number of sulfonamides is 1. The summed E-state index contributed by atoms with van der Waals surface area (Å²) in [5, 5.41) is 0. The van der Waals surface area contributed by atoms with Gasteiger partial charge in [-0.2, -0.15) is 0 Å². The molecule has 0 atom stereocenters. The van der Waals surface area contributed by atoms with Gasteiger partial charge in [-0.1, -0.05) is 31.5 Å². The highest BCUT2D eigenvalue weighted by molar-refractivity contribution is 7.89. The third-order valence-corrected chi connectivity index (χ3v) is 6.82. The van der Waals surface area contributed by atoms with Gasteiger partial charge in [-0.05, 0) is 43.2 Å². The molecule has 0 heterocycles. The van der Waals surface area contributed by atoms with Crippen molar-refractivity contribution in [1.82, 2.24) is 4.72 Å². The molecule has 0 amide bonds. The molecule has 30 heavy (non-hydrogen) atoms. The first kappa shape index (κ1) is 22.4. The lowest BCUT2D eigenvalue weighted by atomic mass is 9.90. The van der Waals surface area contributed by atoms with Crippen LogP contribution in [-0.2, 0) is 21.2 Å². The van der Waals surface area contributed by atoms with Gasteiger partial charge in [-0.15, -0.1) is 0 Å². The van der Waals surface area contributed by atoms with E-state index in [0.717, 1.165) is 11.1 Å². The van der Waals surface area contributed by atoms with E-state index < -0.39 is 15.8 Å². The van der Waals surface area contributed by atoms with E-state index in [1.807, 2.05) is 20.8 Å². The van der Waals surface area contributed by atoms with E-state index in [4.69, 9.17) is 4.74 Å². The normalized spacial score (nSPS) is 18.8. The second-order valence-electron chi connectivity index (χ2n) is 8.26. The van der Waals surface area contributed by atoms with Crippen molar-refractivity contribution in [2.24, 2.45) is 5.92 Å². The van der Waals surface area contributed by atoms with Crippen molar-refractivity contribution >= 4 is 15.8 Å². The van der Waals surface area contributed by atoms with Crippen molar-refractivity contribution in [3.63, 3.8) is 0 Å². The number of nitrogens with one attached hydrogen (secondary N) is 1. The van der Waals surface area contributed by atoms with E-state index in [-0.39, 0.29) is 28.7 Å². The molecule has 7 heteroatoms. The zero-order valence-electron chi connectivity index (χ0n) is 17.5. The number of ketones is 1. The molecule has 1 aliphatic carbocycles. The molecular weight excluding hydrogens is 405 g/mol. The maximum Gasteiger partial charge on any atom is 0.240 e. The molecule has 162 valence electrons. The largest absolute Gasteiger partial charge is 0.490 e. The van der Waals surface area contributed by atoms with Crippen LogP contribution in [0, 0.1) is 18.7 Å². The van der Waals surface area contributed by atoms with E-state index in [9.17, 15) is 17.6 Å². The molecule has 5 nitrogen and oxygen atoms in total. The number of carbonyl (C=O) groups excluding carboxylic acids is 1. The van der Waals surface area contributed by atoms with Crippen LogP contribution in [0.5, 0.6) is 5.75 Å². The molecule has 2 aromatic rings. The van der Waals surface area contributed by atoms with Crippen LogP contribution in [0.1, 0.15) is 44.2 Å². The average molecular weight is 434 g/mol. The van der Waals surface area contributed by atoms with E-state index in [1.165, 1.54) is 12.1 Å². The van der Waals surface area contributed by atoms with Gasteiger partial charge in [0, 0.05) is 37.3 Å². The predicted octanol–water partition coefficient (Wildman–Crippen LogP) is 4.18. The van der Waals surface area contributed by atoms with E-state index in [0.29, 0.717) is 31.4 Å². The molecule has 0 bridgehead atoms. The molecule has 2 aromatic carbocycles. The molecule has 1 saturated carbocycles. The number of aryl methyl sites for hydroxylation is 2. The number of hydrogen-bond donors (Lipinski definition) is 1. The monoisotopic (exact) mass is 433 g/mol. The van der Waals surface area contributed by atoms with Crippen LogP contribution in [0.2, 0.25) is 0 Å². The second-order valence-corrected chi connectivity index (χ2v) is 9.97. The third-order valence-electron chi connectivity index (χ3n) is 5.29. The molecule has 1 aliphatic rings. The fraction of sp³-hybridized carbons (Fsp3) is 0.435. The van der Waals surface area contributed by atoms with Crippen LogP contribution < -0.4 is 9.46 Å². The molecule has 1 N–H and O–H groups in total. The van der Waals surface area contributed by atoms with E-state index in [2.05, 4.69) is 4.72 Å². The summed E-state index contributed by atoms with van der Waals surface area (Å²) in [6, 6.07) is 11.0. The topological polar surface area (TPSA) is 72.5 Å². The molecule has 0 unspecified atom stereocenters. The molecule has 0 radical (unpaired) electrons. The Morgan fingerprint density at radius 1 is 1.17 bits per heavy atom. The lowest BCUT2D eigenvalue weighted by Gasteiger charge is -2.35. The van der Waals surface area contributed by atoms with Crippen molar-refractivity contribution < 1.29 is 22.3 Å². The Labute approximate surface area is 177 Å². The first-order valence-electron chi connectivity index (χ1n) is 10.2. The highest BCUT2D eigenvalue weighted by Gasteiger charge is 2.34. The Morgan fingerprint density at radius 2 is 1.83 bits per heavy atom. The number of ether oxygens (including phenoxy) is 1. The van der Waals surface area contributed by atoms with Crippen molar-refractivity contribution in [2.45, 2.75) is 63.5 Å². The highest BCUT2D eigenvalue weighted by atomic mass is 32.2. The van der Waals surface area contributed by atoms with Crippen LogP contribution in [0.4, 0.5) is 4.39 Å². The van der Waals surface area contributed by atoms with Gasteiger partial charge >= 0.3 is 0 Å². The van der Waals surface area contributed by atoms with Crippen molar-refractivity contribution in [2.75, 3.05) is 0 Å². The Hall–Kier alpha value is -2.25. The van der Waals surface area contributed by atoms with E-state index in [1.54, 1.807) is 30.3 Å². The summed E-state index contributed by atoms with van der Waals surface area (Å²) in [5.74, 6) is 0.108. The zero-order valence-corrected chi connectivity index (χ0v) is 18.3. The minimum absolute atomic E-state index is 0.0372. The highest BCUT2D eigenvalue weighted by Crippen LogP contribution is 2.29. The van der Waals surface area contributed by atoms with Crippen molar-refractivity contribution in [3.05, 3.63) is 59.4 Å². The van der Waals surface area contributed by atoms with Crippen LogP contribution in [-0.4, -0.2) is 26.3 Å². The summed E-state index contributed by atoms with van der Waals surface area (Å²) < 4.78 is 47.4. The Bertz CT molecular complexity index is 996. The minimum Gasteiger partial charge on any atom is -0.490 e. The third kappa shape index (κ3) is 5.89. The lowest BCUT2D eigenvalue weighted by molar-refractivity contribution is -0.121. The quantitative estimate of drug-likeness (QED) is 0.644. The maximum atomic E-state index is 13.9. The molecule has 0 spiro atoms. The fourth-order valence-corrected chi connectivity index (χ4v) is 4.61. The van der Waals surface area contributed by atoms with Gasteiger partial charge in [0.15, 0.2) is 0 Å². The number of benzene rings is 2. The average Bonchev–Trinajstić information content (AvgIpc) is 2.64. The standard InChI is InChI=1S/C23H28FNO4S/c1-15(2)23(26)9-6-17-10-18(24)12-20(11-17)29-21-13-19(14-21)25-30(27,28)22-7-4-16(3)5-8-22/h4-5,7-8,10-12,15,19,21,25H,6,9,13-14H2,1-3H3/t19-,21-. The maximum absolute atomic E-state index is 13.9. The smallest absolute Gasteiger partial charge is 0.240 e. The fourth-order valence-electron chi connectivity index (χ4n) is 3.34. The van der Waals surface area contributed by atoms with Gasteiger partial charge in [-0.25, -0.2) is 17.5 Å². The molecule has 0 aromatic heterocycles. The lowest BCUT2D eigenvalue weighted by Crippen LogP contribution is -2.48. The summed E-state index contributed by atoms with van der Waals surface area (Å²) in [4.78, 5) is 12.0. The summed E-state index contributed by atoms with van der Waals surface area (Å²) in [6.45, 7) is 5.60. The van der Waals surface area contributed by atoms with Crippen LogP contribution in [0.3, 0.4) is 0 Å². The van der Waals surface area contributed by atoms with Crippen LogP contribution in [0.15, 0.2) is 47.4 Å². The van der Waals surface area contributed by atoms with Crippen LogP contribution in [0.25, 0.3) is 0 Å². The summed E-state index contributed by atoms with van der Waals surface area (Å²) in [5.41, 5.74) is 1.71. The predicted molar refractivity (Wildman–Crippen MR) is 114 cm³/mol. The molecule has 0 aliphatic heterocycles. The van der Waals surface area contributed by atoms with Gasteiger partial charge in [0.25, 0.3) is 0 Å². The first-order chi connectivity index (χ1) is 14.1. The number of halogens is 1. The summed E-state index contributed by atoms with van der Waals surface area (Å²) in [6.07, 6.45) is 1.69. The molecule has 0 saturated heterocycles. The van der Waals surface area contributed by atoms with Gasteiger partial charge in [0.05, 0.1) is 4.90 Å². The molecule has 1 fully saturated rings. The summed E-state index contributed by atoms with van der Waals surface area (Å²) >= 11 is 0. The molecular formula is C23H28FNO4S. The van der Waals surface area contributed by atoms with Gasteiger partial charge in [0.2, 0.25) is 10.0 Å². The van der Waals surface area contributed by atoms with Crippen LogP contribution >= 0.6 is 0 Å². The first-order valence-corrected chi connectivity index (χ1v) is 11.7. The van der Waals surface area contributed by atoms with Gasteiger partial charge < -0.3 is 4.74 Å². The summed E-state index contributed by atoms with van der Waals surface area (Å²) in [7, 11) is -3.57. The number of carbonyl (C=O) groups is 1. The number of rotatable bonds is 9. The number of hydrogen-bond acceptors (Lipinski definition) is 4. The minimum atomic E-state index is -3.57. The van der Waals surface area contributed by atoms with Crippen molar-refractivity contribution in [3.8, 4) is 5.75 Å². The molecule has 3 rings (SSSR count). The SMILES string of the molecule is Cc1ccc(S(=O)(=O)N[C@H]2C[C@H](Oc3cc(F)cc(CCC(=O)C(C)C)c3)C2)cc1. The Morgan fingerprint density at radius 3 is 2.47 bits per heavy atom.